The SMILES string of the molecule is O=C1CCc2cc(S(=O)(=O)N=S3(=O)CCCC3)ccc2N1. The second-order valence-corrected chi connectivity index (χ2v) is 9.68. The Morgan fingerprint density at radius 2 is 1.86 bits per heavy atom. The molecule has 3 rings (SSSR count). The molecule has 0 bridgehead atoms. The first-order valence-electron chi connectivity index (χ1n) is 6.80. The molecule has 1 amide bonds. The summed E-state index contributed by atoms with van der Waals surface area (Å²) >= 11 is 0. The fourth-order valence-corrected chi connectivity index (χ4v) is 6.99. The predicted molar refractivity (Wildman–Crippen MR) is 80.1 cm³/mol. The lowest BCUT2D eigenvalue weighted by Crippen LogP contribution is -2.19. The summed E-state index contributed by atoms with van der Waals surface area (Å²) in [5.41, 5.74) is 1.41. The van der Waals surface area contributed by atoms with Gasteiger partial charge in [0.15, 0.2) is 0 Å². The second-order valence-electron chi connectivity index (χ2n) is 5.30. The Bertz CT molecular complexity index is 809. The molecule has 6 nitrogen and oxygen atoms in total. The summed E-state index contributed by atoms with van der Waals surface area (Å²) in [7, 11) is -6.53. The van der Waals surface area contributed by atoms with Crippen LogP contribution in [-0.2, 0) is 31.0 Å². The molecule has 2 aliphatic rings. The van der Waals surface area contributed by atoms with Crippen molar-refractivity contribution in [3.8, 4) is 0 Å². The molecule has 1 aromatic carbocycles. The van der Waals surface area contributed by atoms with Crippen LogP contribution in [0.1, 0.15) is 24.8 Å². The van der Waals surface area contributed by atoms with Crippen molar-refractivity contribution in [2.75, 3.05) is 16.8 Å². The smallest absolute Gasteiger partial charge is 0.290 e. The third-order valence-electron chi connectivity index (χ3n) is 3.68. The molecule has 0 radical (unpaired) electrons. The normalized spacial score (nSPS) is 20.7. The van der Waals surface area contributed by atoms with Gasteiger partial charge in [-0.15, -0.1) is 3.77 Å². The summed E-state index contributed by atoms with van der Waals surface area (Å²) in [5.74, 6) is 0.636. The fourth-order valence-electron chi connectivity index (χ4n) is 2.57. The van der Waals surface area contributed by atoms with Crippen LogP contribution in [0.5, 0.6) is 0 Å². The van der Waals surface area contributed by atoms with E-state index in [9.17, 15) is 17.4 Å². The Labute approximate surface area is 124 Å². The number of anilines is 1. The average Bonchev–Trinajstić information content (AvgIpc) is 2.83. The number of fused-ring (bicyclic) bond motifs is 1. The van der Waals surface area contributed by atoms with Crippen molar-refractivity contribution < 1.29 is 17.4 Å². The van der Waals surface area contributed by atoms with Gasteiger partial charge in [-0.1, -0.05) is 0 Å². The first kappa shape index (κ1) is 14.5. The van der Waals surface area contributed by atoms with Crippen LogP contribution >= 0.6 is 0 Å². The number of carbonyl (C=O) groups excluding carboxylic acids is 1. The summed E-state index contributed by atoms with van der Waals surface area (Å²) in [6.45, 7) is 0. The zero-order valence-electron chi connectivity index (χ0n) is 11.4. The maximum absolute atomic E-state index is 12.3. The molecule has 114 valence electrons. The fraction of sp³-hybridized carbons (Fsp3) is 0.462. The molecule has 2 aliphatic heterocycles. The Hall–Kier alpha value is -1.41. The lowest BCUT2D eigenvalue weighted by Gasteiger charge is -2.17. The molecular weight excluding hydrogens is 312 g/mol. The van der Waals surface area contributed by atoms with Gasteiger partial charge >= 0.3 is 0 Å². The number of carbonyl (C=O) groups is 1. The Morgan fingerprint density at radius 3 is 2.57 bits per heavy atom. The van der Waals surface area contributed by atoms with E-state index in [4.69, 9.17) is 0 Å². The summed E-state index contributed by atoms with van der Waals surface area (Å²) < 4.78 is 40.6. The highest BCUT2D eigenvalue weighted by Gasteiger charge is 2.24. The van der Waals surface area contributed by atoms with E-state index < -0.39 is 19.8 Å². The Kier molecular flexibility index (Phi) is 3.53. The molecule has 1 fully saturated rings. The highest BCUT2D eigenvalue weighted by molar-refractivity contribution is 8.03. The largest absolute Gasteiger partial charge is 0.326 e. The third kappa shape index (κ3) is 2.96. The van der Waals surface area contributed by atoms with E-state index in [0.29, 0.717) is 30.0 Å². The van der Waals surface area contributed by atoms with Crippen LogP contribution in [0.15, 0.2) is 26.9 Å². The average molecular weight is 328 g/mol. The third-order valence-corrected chi connectivity index (χ3v) is 8.26. The minimum Gasteiger partial charge on any atom is -0.326 e. The maximum atomic E-state index is 12.3. The zero-order valence-corrected chi connectivity index (χ0v) is 13.0. The molecule has 21 heavy (non-hydrogen) atoms. The number of nitrogens with one attached hydrogen (secondary N) is 1. The van der Waals surface area contributed by atoms with Crippen molar-refractivity contribution in [1.29, 1.82) is 0 Å². The van der Waals surface area contributed by atoms with Crippen LogP contribution in [0, 0.1) is 0 Å². The van der Waals surface area contributed by atoms with Crippen molar-refractivity contribution in [1.82, 2.24) is 0 Å². The van der Waals surface area contributed by atoms with E-state index in [1.54, 1.807) is 6.07 Å². The quantitative estimate of drug-likeness (QED) is 0.891. The van der Waals surface area contributed by atoms with Crippen LogP contribution in [0.4, 0.5) is 5.69 Å². The Balaban J connectivity index is 2.01. The van der Waals surface area contributed by atoms with Crippen molar-refractivity contribution in [2.24, 2.45) is 3.77 Å². The lowest BCUT2D eigenvalue weighted by atomic mass is 10.0. The van der Waals surface area contributed by atoms with E-state index in [-0.39, 0.29) is 10.8 Å². The number of aryl methyl sites for hydroxylation is 1. The molecule has 0 aliphatic carbocycles. The van der Waals surface area contributed by atoms with Crippen LogP contribution in [0.2, 0.25) is 0 Å². The topological polar surface area (TPSA) is 92.7 Å². The number of hydrogen-bond donors (Lipinski definition) is 1. The Morgan fingerprint density at radius 1 is 1.14 bits per heavy atom. The summed E-state index contributed by atoms with van der Waals surface area (Å²) in [6, 6.07) is 4.49. The van der Waals surface area contributed by atoms with E-state index in [2.05, 4.69) is 9.08 Å². The number of sulfonamides is 1. The van der Waals surface area contributed by atoms with Gasteiger partial charge in [-0.25, -0.2) is 4.21 Å². The predicted octanol–water partition coefficient (Wildman–Crippen LogP) is 1.52. The van der Waals surface area contributed by atoms with Crippen molar-refractivity contribution in [3.05, 3.63) is 23.8 Å². The van der Waals surface area contributed by atoms with Crippen LogP contribution in [0.25, 0.3) is 0 Å². The molecule has 1 aromatic rings. The highest BCUT2D eigenvalue weighted by atomic mass is 32.3. The van der Waals surface area contributed by atoms with Crippen molar-refractivity contribution in [2.45, 2.75) is 30.6 Å². The van der Waals surface area contributed by atoms with Crippen LogP contribution in [0.3, 0.4) is 0 Å². The lowest BCUT2D eigenvalue weighted by molar-refractivity contribution is -0.116. The number of nitrogens with zero attached hydrogens (tertiary/aromatic N) is 1. The van der Waals surface area contributed by atoms with Gasteiger partial charge < -0.3 is 5.32 Å². The number of benzene rings is 1. The molecule has 0 saturated carbocycles. The van der Waals surface area contributed by atoms with Gasteiger partial charge in [-0.3, -0.25) is 4.79 Å². The van der Waals surface area contributed by atoms with Crippen LogP contribution < -0.4 is 5.32 Å². The molecule has 1 saturated heterocycles. The maximum Gasteiger partial charge on any atom is 0.290 e. The molecule has 1 N–H and O–H groups in total. The summed E-state index contributed by atoms with van der Waals surface area (Å²) in [4.78, 5) is 11.3. The van der Waals surface area contributed by atoms with E-state index in [1.165, 1.54) is 12.1 Å². The number of rotatable bonds is 2. The van der Waals surface area contributed by atoms with Gasteiger partial charge in [0.25, 0.3) is 10.0 Å². The van der Waals surface area contributed by atoms with Crippen LogP contribution in [-0.4, -0.2) is 30.0 Å². The summed E-state index contributed by atoms with van der Waals surface area (Å²) in [5, 5.41) is 2.70. The molecule has 0 aromatic heterocycles. The second kappa shape index (κ2) is 5.10. The van der Waals surface area contributed by atoms with Gasteiger partial charge in [0, 0.05) is 23.6 Å². The first-order valence-corrected chi connectivity index (χ1v) is 10.1. The van der Waals surface area contributed by atoms with E-state index in [0.717, 1.165) is 18.4 Å². The molecular formula is C13H16N2O4S2. The van der Waals surface area contributed by atoms with Gasteiger partial charge in [0.05, 0.1) is 14.6 Å². The summed E-state index contributed by atoms with van der Waals surface area (Å²) in [6.07, 6.45) is 2.35. The van der Waals surface area contributed by atoms with Gasteiger partial charge in [0.2, 0.25) is 5.91 Å². The van der Waals surface area contributed by atoms with Gasteiger partial charge in [-0.05, 0) is 43.0 Å². The first-order chi connectivity index (χ1) is 9.88. The number of hydrogen-bond acceptors (Lipinski definition) is 4. The van der Waals surface area contributed by atoms with E-state index >= 15 is 0 Å². The molecule has 0 spiro atoms. The van der Waals surface area contributed by atoms with Crippen molar-refractivity contribution in [3.63, 3.8) is 0 Å². The van der Waals surface area contributed by atoms with Gasteiger partial charge in [0.1, 0.15) is 0 Å². The molecule has 2 heterocycles. The van der Waals surface area contributed by atoms with Crippen molar-refractivity contribution >= 4 is 31.3 Å². The zero-order chi connectivity index (χ0) is 15.1. The minimum atomic E-state index is -3.91. The monoisotopic (exact) mass is 328 g/mol. The molecule has 8 heteroatoms. The highest BCUT2D eigenvalue weighted by Crippen LogP contribution is 2.27. The molecule has 0 atom stereocenters. The number of amides is 1. The standard InChI is InChI=1S/C13H16N2O4S2/c16-13-6-3-10-9-11(4-5-12(10)14-13)21(18,19)15-20(17)7-1-2-8-20/h4-5,9H,1-3,6-8H2,(H,14,16). The van der Waals surface area contributed by atoms with E-state index in [1.807, 2.05) is 0 Å². The van der Waals surface area contributed by atoms with Gasteiger partial charge in [-0.2, -0.15) is 8.42 Å². The minimum absolute atomic E-state index is 0.0482. The molecule has 0 unspecified atom stereocenters.